The first kappa shape index (κ1) is 20.9. The van der Waals surface area contributed by atoms with Crippen molar-refractivity contribution in [1.82, 2.24) is 10.3 Å². The number of nitrogens with one attached hydrogen (secondary N) is 2. The molecule has 3 aromatic carbocycles. The monoisotopic (exact) mass is 454 g/mol. The first-order valence-electron chi connectivity index (χ1n) is 10.6. The lowest BCUT2D eigenvalue weighted by atomic mass is 10.1. The van der Waals surface area contributed by atoms with Gasteiger partial charge in [0.15, 0.2) is 0 Å². The highest BCUT2D eigenvalue weighted by atomic mass is 32.1. The van der Waals surface area contributed by atoms with Gasteiger partial charge in [0.2, 0.25) is 0 Å². The molecule has 0 radical (unpaired) electrons. The van der Waals surface area contributed by atoms with Crippen LogP contribution in [0.3, 0.4) is 0 Å². The quantitative estimate of drug-likeness (QED) is 0.369. The molecule has 1 atom stereocenters. The van der Waals surface area contributed by atoms with Crippen LogP contribution in [0.5, 0.6) is 0 Å². The number of aliphatic hydroxyl groups excluding tert-OH is 1. The molecule has 5 rings (SSSR count). The Morgan fingerprint density at radius 1 is 1.09 bits per heavy atom. The minimum Gasteiger partial charge on any atom is -0.510 e. The van der Waals surface area contributed by atoms with Crippen molar-refractivity contribution in [3.8, 4) is 0 Å². The molecule has 0 fully saturated rings. The van der Waals surface area contributed by atoms with E-state index in [9.17, 15) is 9.90 Å². The third-order valence-corrected chi connectivity index (χ3v) is 6.73. The molecule has 0 unspecified atom stereocenters. The molecule has 1 aliphatic heterocycles. The Balaban J connectivity index is 1.37. The van der Waals surface area contributed by atoms with E-state index in [0.29, 0.717) is 21.8 Å². The summed E-state index contributed by atoms with van der Waals surface area (Å²) in [5.74, 6) is 0.0795. The van der Waals surface area contributed by atoms with Gasteiger partial charge >= 0.3 is 0 Å². The maximum atomic E-state index is 12.9. The molecule has 0 bridgehead atoms. The zero-order valence-electron chi connectivity index (χ0n) is 17.9. The number of thiazole rings is 1. The molecule has 7 heteroatoms. The van der Waals surface area contributed by atoms with Crippen molar-refractivity contribution in [2.75, 3.05) is 11.4 Å². The van der Waals surface area contributed by atoms with Crippen LogP contribution in [0.1, 0.15) is 33.9 Å². The molecule has 2 heterocycles. The number of aliphatic hydroxyl groups is 1. The number of para-hydroxylation sites is 1. The van der Waals surface area contributed by atoms with Gasteiger partial charge in [-0.05, 0) is 42.8 Å². The van der Waals surface area contributed by atoms with Gasteiger partial charge in [-0.2, -0.15) is 0 Å². The highest BCUT2D eigenvalue weighted by Crippen LogP contribution is 2.35. The summed E-state index contributed by atoms with van der Waals surface area (Å²) in [6.07, 6.45) is 0. The Bertz CT molecular complexity index is 1360. The van der Waals surface area contributed by atoms with Gasteiger partial charge < -0.3 is 15.3 Å². The van der Waals surface area contributed by atoms with Crippen molar-refractivity contribution in [2.45, 2.75) is 13.0 Å². The van der Waals surface area contributed by atoms with Crippen LogP contribution in [0.4, 0.5) is 5.69 Å². The fourth-order valence-electron chi connectivity index (χ4n) is 3.92. The number of nitrogens with zero attached hydrogens (tertiary/aromatic N) is 2. The molecule has 0 aliphatic carbocycles. The summed E-state index contributed by atoms with van der Waals surface area (Å²) in [5, 5.41) is 23.0. The Morgan fingerprint density at radius 3 is 2.64 bits per heavy atom. The molecular weight excluding hydrogens is 432 g/mol. The summed E-state index contributed by atoms with van der Waals surface area (Å²) in [7, 11) is 0. The van der Waals surface area contributed by atoms with E-state index in [1.54, 1.807) is 23.1 Å². The number of amides is 1. The number of anilines is 1. The van der Waals surface area contributed by atoms with E-state index in [-0.39, 0.29) is 30.1 Å². The van der Waals surface area contributed by atoms with E-state index in [1.807, 2.05) is 67.6 Å². The number of amidine groups is 1. The number of carbonyl (C=O) groups is 1. The topological polar surface area (TPSA) is 89.3 Å². The lowest BCUT2D eigenvalue weighted by Gasteiger charge is -2.20. The number of hydrogen-bond acceptors (Lipinski definition) is 5. The van der Waals surface area contributed by atoms with E-state index in [1.165, 1.54) is 11.3 Å². The van der Waals surface area contributed by atoms with Crippen LogP contribution < -0.4 is 10.2 Å². The molecule has 3 N–H and O–H groups in total. The smallest absolute Gasteiger partial charge is 0.251 e. The molecule has 164 valence electrons. The van der Waals surface area contributed by atoms with E-state index >= 15 is 0 Å². The second kappa shape index (κ2) is 8.52. The Hall–Kier alpha value is -3.97. The average molecular weight is 455 g/mol. The molecule has 1 amide bonds. The van der Waals surface area contributed by atoms with Crippen molar-refractivity contribution < 1.29 is 9.90 Å². The Kier molecular flexibility index (Phi) is 5.40. The summed E-state index contributed by atoms with van der Waals surface area (Å²) in [4.78, 5) is 19.2. The predicted molar refractivity (Wildman–Crippen MR) is 133 cm³/mol. The van der Waals surface area contributed by atoms with Crippen LogP contribution in [-0.4, -0.2) is 28.4 Å². The molecule has 0 saturated carbocycles. The number of benzene rings is 3. The second-order valence-corrected chi connectivity index (χ2v) is 8.93. The SMILES string of the molecule is C[C@@H](NC(=O)c1cccc(N2CC(O)=C(c3nc4ccccc4s3)C2=N)c1)c1ccccc1. The zero-order chi connectivity index (χ0) is 22.9. The normalized spacial score (nSPS) is 14.7. The number of hydrogen-bond donors (Lipinski definition) is 3. The molecule has 4 aromatic rings. The predicted octanol–water partition coefficient (Wildman–Crippen LogP) is 5.55. The summed E-state index contributed by atoms with van der Waals surface area (Å²) < 4.78 is 1.00. The van der Waals surface area contributed by atoms with Crippen LogP contribution in [-0.2, 0) is 0 Å². The number of fused-ring (bicyclic) bond motifs is 1. The molecule has 1 aromatic heterocycles. The molecule has 0 saturated heterocycles. The molecule has 6 nitrogen and oxygen atoms in total. The van der Waals surface area contributed by atoms with Gasteiger partial charge in [-0.3, -0.25) is 10.2 Å². The second-order valence-electron chi connectivity index (χ2n) is 7.90. The van der Waals surface area contributed by atoms with Crippen molar-refractivity contribution in [2.24, 2.45) is 0 Å². The standard InChI is InChI=1S/C26H22N4O2S/c1-16(17-8-3-2-4-9-17)28-25(32)18-10-7-11-19(14-18)30-15-21(31)23(24(30)27)26-29-20-12-5-6-13-22(20)33-26/h2-14,16,27,31H,15H2,1H3,(H,28,32)/t16-/m1/s1. The van der Waals surface area contributed by atoms with Gasteiger partial charge in [-0.1, -0.05) is 48.5 Å². The minimum atomic E-state index is -0.192. The molecule has 0 spiro atoms. The van der Waals surface area contributed by atoms with E-state index in [0.717, 1.165) is 15.8 Å². The molecular formula is C26H22N4O2S. The van der Waals surface area contributed by atoms with Gasteiger partial charge in [-0.15, -0.1) is 11.3 Å². The van der Waals surface area contributed by atoms with Gasteiger partial charge in [0.1, 0.15) is 16.6 Å². The highest BCUT2D eigenvalue weighted by molar-refractivity contribution is 7.19. The average Bonchev–Trinajstić information content (AvgIpc) is 3.39. The summed E-state index contributed by atoms with van der Waals surface area (Å²) >= 11 is 1.45. The van der Waals surface area contributed by atoms with Crippen molar-refractivity contribution in [1.29, 1.82) is 5.41 Å². The Labute approximate surface area is 195 Å². The highest BCUT2D eigenvalue weighted by Gasteiger charge is 2.31. The fraction of sp³-hybridized carbons (Fsp3) is 0.115. The third kappa shape index (κ3) is 3.99. The summed E-state index contributed by atoms with van der Waals surface area (Å²) in [5.41, 5.74) is 3.47. The zero-order valence-corrected chi connectivity index (χ0v) is 18.8. The maximum absolute atomic E-state index is 12.9. The minimum absolute atomic E-state index is 0.103. The molecule has 1 aliphatic rings. The third-order valence-electron chi connectivity index (χ3n) is 5.68. The lowest BCUT2D eigenvalue weighted by molar-refractivity contribution is 0.0940. The van der Waals surface area contributed by atoms with E-state index in [2.05, 4.69) is 10.3 Å². The van der Waals surface area contributed by atoms with Gasteiger partial charge in [0, 0.05) is 11.3 Å². The van der Waals surface area contributed by atoms with E-state index < -0.39 is 0 Å². The summed E-state index contributed by atoms with van der Waals surface area (Å²) in [6.45, 7) is 2.11. The number of aromatic nitrogens is 1. The van der Waals surface area contributed by atoms with E-state index in [4.69, 9.17) is 5.41 Å². The largest absolute Gasteiger partial charge is 0.510 e. The van der Waals surface area contributed by atoms with Crippen LogP contribution in [0, 0.1) is 5.41 Å². The van der Waals surface area contributed by atoms with Crippen LogP contribution in [0.2, 0.25) is 0 Å². The lowest BCUT2D eigenvalue weighted by Crippen LogP contribution is -2.28. The molecule has 33 heavy (non-hydrogen) atoms. The van der Waals surface area contributed by atoms with Crippen LogP contribution >= 0.6 is 11.3 Å². The maximum Gasteiger partial charge on any atom is 0.251 e. The summed E-state index contributed by atoms with van der Waals surface area (Å²) in [6, 6.07) is 24.5. The van der Waals surface area contributed by atoms with Gasteiger partial charge in [0.05, 0.1) is 28.4 Å². The first-order valence-corrected chi connectivity index (χ1v) is 11.4. The Morgan fingerprint density at radius 2 is 1.85 bits per heavy atom. The van der Waals surface area contributed by atoms with Crippen molar-refractivity contribution in [3.05, 3.63) is 101 Å². The number of rotatable bonds is 5. The van der Waals surface area contributed by atoms with Gasteiger partial charge in [-0.25, -0.2) is 4.98 Å². The van der Waals surface area contributed by atoms with Crippen molar-refractivity contribution >= 4 is 44.6 Å². The van der Waals surface area contributed by atoms with Crippen molar-refractivity contribution in [3.63, 3.8) is 0 Å². The number of carbonyl (C=O) groups excluding carboxylic acids is 1. The van der Waals surface area contributed by atoms with Crippen LogP contribution in [0.15, 0.2) is 84.6 Å². The van der Waals surface area contributed by atoms with Gasteiger partial charge in [0.25, 0.3) is 5.91 Å². The fourth-order valence-corrected chi connectivity index (χ4v) is 4.96. The first-order chi connectivity index (χ1) is 16.0. The van der Waals surface area contributed by atoms with Crippen LogP contribution in [0.25, 0.3) is 15.8 Å².